The fourth-order valence-electron chi connectivity index (χ4n) is 2.54. The Morgan fingerprint density at radius 1 is 0.923 bits per heavy atom. The van der Waals surface area contributed by atoms with Crippen molar-refractivity contribution in [1.82, 2.24) is 10.3 Å². The first-order valence-electron chi connectivity index (χ1n) is 8.03. The molecule has 3 rings (SSSR count). The number of hydrogen-bond donors (Lipinski definition) is 1. The molecule has 0 saturated carbocycles. The van der Waals surface area contributed by atoms with E-state index in [1.165, 1.54) is 6.07 Å². The molecule has 1 N–H and O–H groups in total. The third-order valence-electron chi connectivity index (χ3n) is 3.80. The zero-order valence-electron chi connectivity index (χ0n) is 13.8. The van der Waals surface area contributed by atoms with Crippen LogP contribution in [0.15, 0.2) is 79.0 Å². The molecule has 0 aliphatic heterocycles. The highest BCUT2D eigenvalue weighted by Gasteiger charge is 2.16. The summed E-state index contributed by atoms with van der Waals surface area (Å²) in [6.07, 6.45) is 3.88. The van der Waals surface area contributed by atoms with E-state index in [0.717, 1.165) is 29.8 Å². The highest BCUT2D eigenvalue weighted by molar-refractivity contribution is 5.92. The van der Waals surface area contributed by atoms with Gasteiger partial charge in [-0.05, 0) is 35.9 Å². The van der Waals surface area contributed by atoms with Crippen molar-refractivity contribution in [2.75, 3.05) is 0 Å². The van der Waals surface area contributed by atoms with Gasteiger partial charge in [0.25, 0.3) is 0 Å². The molecule has 0 saturated heterocycles. The molecule has 0 unspecified atom stereocenters. The molecule has 0 aliphatic rings. The van der Waals surface area contributed by atoms with Crippen LogP contribution in [0.1, 0.15) is 22.9 Å². The summed E-state index contributed by atoms with van der Waals surface area (Å²) >= 11 is 0. The molecule has 1 amide bonds. The molecule has 0 aliphatic carbocycles. The smallest absolute Gasteiger partial charge is 0.244 e. The Kier molecular flexibility index (Phi) is 5.49. The topological polar surface area (TPSA) is 42.0 Å². The van der Waals surface area contributed by atoms with Crippen molar-refractivity contribution in [2.45, 2.75) is 6.04 Å². The summed E-state index contributed by atoms with van der Waals surface area (Å²) in [5, 5.41) is 2.83. The quantitative estimate of drug-likeness (QED) is 0.698. The lowest BCUT2D eigenvalue weighted by atomic mass is 10.0. The molecule has 2 aromatic carbocycles. The maximum Gasteiger partial charge on any atom is 0.244 e. The molecule has 1 aromatic heterocycles. The van der Waals surface area contributed by atoms with Crippen LogP contribution in [0.4, 0.5) is 8.78 Å². The molecule has 0 fully saturated rings. The standard InChI is InChI=1S/C21H16F2N2O/c22-17-9-6-10-18(23)16(17)12-13-20(26)25-21(15-7-2-1-3-8-15)19-11-4-5-14-24-19/h1-14,21H,(H,25,26)/b13-12+/t21-/m0/s1. The molecule has 5 heteroatoms. The number of hydrogen-bond acceptors (Lipinski definition) is 2. The lowest BCUT2D eigenvalue weighted by Gasteiger charge is -2.18. The predicted molar refractivity (Wildman–Crippen MR) is 96.1 cm³/mol. The van der Waals surface area contributed by atoms with Crippen molar-refractivity contribution in [3.63, 3.8) is 0 Å². The number of nitrogens with one attached hydrogen (secondary N) is 1. The van der Waals surface area contributed by atoms with Crippen molar-refractivity contribution in [1.29, 1.82) is 0 Å². The van der Waals surface area contributed by atoms with Gasteiger partial charge in [0.2, 0.25) is 5.91 Å². The van der Waals surface area contributed by atoms with Crippen molar-refractivity contribution in [2.24, 2.45) is 0 Å². The Morgan fingerprint density at radius 2 is 1.62 bits per heavy atom. The Hall–Kier alpha value is -3.34. The second-order valence-electron chi connectivity index (χ2n) is 5.58. The van der Waals surface area contributed by atoms with Crippen LogP contribution in [0.5, 0.6) is 0 Å². The minimum Gasteiger partial charge on any atom is -0.340 e. The molecule has 3 aromatic rings. The first-order chi connectivity index (χ1) is 12.6. The largest absolute Gasteiger partial charge is 0.340 e. The van der Waals surface area contributed by atoms with E-state index in [0.29, 0.717) is 5.69 Å². The maximum absolute atomic E-state index is 13.7. The summed E-state index contributed by atoms with van der Waals surface area (Å²) in [5.41, 5.74) is 1.26. The number of amides is 1. The minimum absolute atomic E-state index is 0.253. The van der Waals surface area contributed by atoms with E-state index >= 15 is 0 Å². The highest BCUT2D eigenvalue weighted by Crippen LogP contribution is 2.20. The Morgan fingerprint density at radius 3 is 2.27 bits per heavy atom. The first-order valence-corrected chi connectivity index (χ1v) is 8.03. The van der Waals surface area contributed by atoms with Gasteiger partial charge in [0, 0.05) is 17.8 Å². The van der Waals surface area contributed by atoms with Gasteiger partial charge in [0.05, 0.1) is 11.7 Å². The lowest BCUT2D eigenvalue weighted by Crippen LogP contribution is -2.28. The van der Waals surface area contributed by atoms with E-state index < -0.39 is 23.6 Å². The van der Waals surface area contributed by atoms with Gasteiger partial charge in [-0.25, -0.2) is 8.78 Å². The normalized spacial score (nSPS) is 12.1. The maximum atomic E-state index is 13.7. The van der Waals surface area contributed by atoms with E-state index in [2.05, 4.69) is 10.3 Å². The first kappa shape index (κ1) is 17.5. The third-order valence-corrected chi connectivity index (χ3v) is 3.80. The van der Waals surface area contributed by atoms with Crippen LogP contribution in [-0.4, -0.2) is 10.9 Å². The van der Waals surface area contributed by atoms with E-state index in [1.807, 2.05) is 36.4 Å². The number of aromatic nitrogens is 1. The van der Waals surface area contributed by atoms with Gasteiger partial charge in [-0.3, -0.25) is 9.78 Å². The molecule has 26 heavy (non-hydrogen) atoms. The average Bonchev–Trinajstić information content (AvgIpc) is 2.67. The number of rotatable bonds is 5. The van der Waals surface area contributed by atoms with E-state index in [9.17, 15) is 13.6 Å². The zero-order chi connectivity index (χ0) is 18.4. The SMILES string of the molecule is O=C(/C=C/c1c(F)cccc1F)N[C@@H](c1ccccc1)c1ccccn1. The monoisotopic (exact) mass is 350 g/mol. The zero-order valence-corrected chi connectivity index (χ0v) is 13.8. The summed E-state index contributed by atoms with van der Waals surface area (Å²) in [5.74, 6) is -1.93. The van der Waals surface area contributed by atoms with Crippen LogP contribution in [0.3, 0.4) is 0 Å². The molecular weight excluding hydrogens is 334 g/mol. The molecule has 0 bridgehead atoms. The van der Waals surface area contributed by atoms with Crippen molar-refractivity contribution in [3.8, 4) is 0 Å². The number of pyridine rings is 1. The third kappa shape index (κ3) is 4.19. The Bertz CT molecular complexity index is 852. The Labute approximate surface area is 150 Å². The number of halogens is 2. The van der Waals surface area contributed by atoms with Crippen LogP contribution in [0, 0.1) is 11.6 Å². The molecular formula is C21H16F2N2O. The summed E-state index contributed by atoms with van der Waals surface area (Å²) in [7, 11) is 0. The second-order valence-corrected chi connectivity index (χ2v) is 5.58. The van der Waals surface area contributed by atoms with Crippen LogP contribution in [-0.2, 0) is 4.79 Å². The minimum atomic E-state index is -0.724. The van der Waals surface area contributed by atoms with Gasteiger partial charge in [0.15, 0.2) is 0 Å². The van der Waals surface area contributed by atoms with Crippen molar-refractivity contribution < 1.29 is 13.6 Å². The van der Waals surface area contributed by atoms with Gasteiger partial charge < -0.3 is 5.32 Å². The van der Waals surface area contributed by atoms with Gasteiger partial charge in [0.1, 0.15) is 11.6 Å². The number of nitrogens with zero attached hydrogens (tertiary/aromatic N) is 1. The van der Waals surface area contributed by atoms with E-state index in [1.54, 1.807) is 18.3 Å². The van der Waals surface area contributed by atoms with Crippen LogP contribution < -0.4 is 5.32 Å². The van der Waals surface area contributed by atoms with Gasteiger partial charge in [-0.1, -0.05) is 42.5 Å². The van der Waals surface area contributed by atoms with Gasteiger partial charge >= 0.3 is 0 Å². The van der Waals surface area contributed by atoms with Gasteiger partial charge in [-0.15, -0.1) is 0 Å². The lowest BCUT2D eigenvalue weighted by molar-refractivity contribution is -0.116. The fraction of sp³-hybridized carbons (Fsp3) is 0.0476. The average molecular weight is 350 g/mol. The summed E-state index contributed by atoms with van der Waals surface area (Å²) in [6.45, 7) is 0. The molecule has 0 radical (unpaired) electrons. The Balaban J connectivity index is 1.83. The predicted octanol–water partition coefficient (Wildman–Crippen LogP) is 4.28. The second kappa shape index (κ2) is 8.16. The van der Waals surface area contributed by atoms with E-state index in [-0.39, 0.29) is 5.56 Å². The van der Waals surface area contributed by atoms with Crippen LogP contribution in [0.2, 0.25) is 0 Å². The summed E-state index contributed by atoms with van der Waals surface area (Å²) in [6, 6.07) is 17.9. The van der Waals surface area contributed by atoms with Gasteiger partial charge in [-0.2, -0.15) is 0 Å². The summed E-state index contributed by atoms with van der Waals surface area (Å²) < 4.78 is 27.3. The number of benzene rings is 2. The fourth-order valence-corrected chi connectivity index (χ4v) is 2.54. The number of carbonyl (C=O) groups excluding carboxylic acids is 1. The van der Waals surface area contributed by atoms with Crippen molar-refractivity contribution >= 4 is 12.0 Å². The molecule has 130 valence electrons. The molecule has 1 atom stereocenters. The highest BCUT2D eigenvalue weighted by atomic mass is 19.1. The van der Waals surface area contributed by atoms with Crippen molar-refractivity contribution in [3.05, 3.63) is 107 Å². The van der Waals surface area contributed by atoms with E-state index in [4.69, 9.17) is 0 Å². The molecule has 0 spiro atoms. The number of carbonyl (C=O) groups is 1. The van der Waals surface area contributed by atoms with Crippen LogP contribution >= 0.6 is 0 Å². The molecule has 3 nitrogen and oxygen atoms in total. The van der Waals surface area contributed by atoms with Crippen LogP contribution in [0.25, 0.3) is 6.08 Å². The summed E-state index contributed by atoms with van der Waals surface area (Å²) in [4.78, 5) is 16.6. The molecule has 1 heterocycles.